The Bertz CT molecular complexity index is 286. The van der Waals surface area contributed by atoms with Crippen LogP contribution in [-0.2, 0) is 0 Å². The number of aliphatic hydroxyl groups is 1. The predicted molar refractivity (Wildman–Crippen MR) is 51.3 cm³/mol. The van der Waals surface area contributed by atoms with Gasteiger partial charge in [-0.1, -0.05) is 6.07 Å². The second-order valence-electron chi connectivity index (χ2n) is 3.14. The lowest BCUT2D eigenvalue weighted by Crippen LogP contribution is -2.16. The fraction of sp³-hybridized carbons (Fsp3) is 0.400. The first-order valence-electron chi connectivity index (χ1n) is 4.28. The summed E-state index contributed by atoms with van der Waals surface area (Å²) in [5, 5.41) is 12.0. The van der Waals surface area contributed by atoms with E-state index < -0.39 is 6.10 Å². The third-order valence-corrected chi connectivity index (χ3v) is 1.86. The number of hydrogen-bond acceptors (Lipinski definition) is 2. The lowest BCUT2D eigenvalue weighted by molar-refractivity contribution is 0.208. The quantitative estimate of drug-likeness (QED) is 0.750. The van der Waals surface area contributed by atoms with Crippen molar-refractivity contribution in [1.29, 1.82) is 0 Å². The molecule has 1 aromatic rings. The lowest BCUT2D eigenvalue weighted by Gasteiger charge is -2.11. The maximum atomic E-state index is 13.0. The van der Waals surface area contributed by atoms with Crippen LogP contribution in [0.25, 0.3) is 0 Å². The van der Waals surface area contributed by atoms with Gasteiger partial charge in [0.2, 0.25) is 0 Å². The standard InChI is InChI=1S/C10H14FNO/c1-7(13)6-12-10-5-3-4-9(11)8(10)2/h3-5,7,12-13H,6H2,1-2H3/t7-/m1/s1. The molecular weight excluding hydrogens is 169 g/mol. The SMILES string of the molecule is Cc1c(F)cccc1NC[C@@H](C)O. The number of aliphatic hydroxyl groups excluding tert-OH is 1. The van der Waals surface area contributed by atoms with E-state index in [-0.39, 0.29) is 5.82 Å². The van der Waals surface area contributed by atoms with Crippen molar-refractivity contribution < 1.29 is 9.50 Å². The molecule has 0 aliphatic carbocycles. The normalized spacial score (nSPS) is 12.6. The molecule has 0 spiro atoms. The summed E-state index contributed by atoms with van der Waals surface area (Å²) in [6.07, 6.45) is -0.428. The molecule has 0 heterocycles. The summed E-state index contributed by atoms with van der Waals surface area (Å²) in [6, 6.07) is 4.86. The first kappa shape index (κ1) is 9.99. The van der Waals surface area contributed by atoms with Crippen molar-refractivity contribution in [3.63, 3.8) is 0 Å². The van der Waals surface area contributed by atoms with Gasteiger partial charge in [0.1, 0.15) is 5.82 Å². The Kier molecular flexibility index (Phi) is 3.25. The Labute approximate surface area is 77.4 Å². The summed E-state index contributed by atoms with van der Waals surface area (Å²) in [5.74, 6) is -0.226. The molecule has 3 heteroatoms. The zero-order valence-corrected chi connectivity index (χ0v) is 7.84. The van der Waals surface area contributed by atoms with E-state index >= 15 is 0 Å². The van der Waals surface area contributed by atoms with Crippen LogP contribution in [0.1, 0.15) is 12.5 Å². The van der Waals surface area contributed by atoms with Gasteiger partial charge in [0.05, 0.1) is 6.10 Å². The van der Waals surface area contributed by atoms with Crippen molar-refractivity contribution in [3.05, 3.63) is 29.6 Å². The van der Waals surface area contributed by atoms with Crippen molar-refractivity contribution in [2.75, 3.05) is 11.9 Å². The highest BCUT2D eigenvalue weighted by atomic mass is 19.1. The number of hydrogen-bond donors (Lipinski definition) is 2. The van der Waals surface area contributed by atoms with Gasteiger partial charge in [-0.3, -0.25) is 0 Å². The van der Waals surface area contributed by atoms with E-state index in [1.54, 1.807) is 26.0 Å². The van der Waals surface area contributed by atoms with Gasteiger partial charge in [-0.25, -0.2) is 4.39 Å². The molecule has 1 aromatic carbocycles. The number of nitrogens with one attached hydrogen (secondary N) is 1. The molecule has 13 heavy (non-hydrogen) atoms. The fourth-order valence-electron chi connectivity index (χ4n) is 1.06. The van der Waals surface area contributed by atoms with Crippen LogP contribution in [0.5, 0.6) is 0 Å². The molecule has 0 fully saturated rings. The summed E-state index contributed by atoms with van der Waals surface area (Å²) in [5.41, 5.74) is 1.32. The van der Waals surface area contributed by atoms with Gasteiger partial charge >= 0.3 is 0 Å². The Balaban J connectivity index is 2.71. The van der Waals surface area contributed by atoms with E-state index in [2.05, 4.69) is 5.32 Å². The molecule has 0 aliphatic rings. The van der Waals surface area contributed by atoms with Gasteiger partial charge in [0.25, 0.3) is 0 Å². The van der Waals surface area contributed by atoms with E-state index in [0.29, 0.717) is 12.1 Å². The number of rotatable bonds is 3. The van der Waals surface area contributed by atoms with Crippen LogP contribution in [0.3, 0.4) is 0 Å². The van der Waals surface area contributed by atoms with E-state index in [1.807, 2.05) is 0 Å². The van der Waals surface area contributed by atoms with Crippen LogP contribution in [-0.4, -0.2) is 17.8 Å². The summed E-state index contributed by atoms with van der Waals surface area (Å²) >= 11 is 0. The van der Waals surface area contributed by atoms with Gasteiger partial charge in [-0.2, -0.15) is 0 Å². The van der Waals surface area contributed by atoms with Crippen LogP contribution in [0.2, 0.25) is 0 Å². The smallest absolute Gasteiger partial charge is 0.128 e. The Hall–Kier alpha value is -1.09. The van der Waals surface area contributed by atoms with Gasteiger partial charge < -0.3 is 10.4 Å². The van der Waals surface area contributed by atoms with E-state index in [0.717, 1.165) is 5.69 Å². The van der Waals surface area contributed by atoms with Crippen molar-refractivity contribution in [2.24, 2.45) is 0 Å². The molecule has 2 nitrogen and oxygen atoms in total. The Morgan fingerprint density at radius 1 is 1.54 bits per heavy atom. The molecule has 1 rings (SSSR count). The Morgan fingerprint density at radius 3 is 2.85 bits per heavy atom. The van der Waals surface area contributed by atoms with Gasteiger partial charge in [-0.15, -0.1) is 0 Å². The maximum Gasteiger partial charge on any atom is 0.128 e. The van der Waals surface area contributed by atoms with Crippen molar-refractivity contribution in [1.82, 2.24) is 0 Å². The summed E-state index contributed by atoms with van der Waals surface area (Å²) in [4.78, 5) is 0. The Morgan fingerprint density at radius 2 is 2.23 bits per heavy atom. The molecule has 72 valence electrons. The topological polar surface area (TPSA) is 32.3 Å². The average molecular weight is 183 g/mol. The van der Waals surface area contributed by atoms with Crippen LogP contribution >= 0.6 is 0 Å². The summed E-state index contributed by atoms with van der Waals surface area (Å²) < 4.78 is 13.0. The van der Waals surface area contributed by atoms with Gasteiger partial charge in [0, 0.05) is 17.8 Å². The number of benzene rings is 1. The minimum Gasteiger partial charge on any atom is -0.392 e. The number of halogens is 1. The molecule has 0 unspecified atom stereocenters. The molecule has 0 amide bonds. The van der Waals surface area contributed by atoms with Crippen molar-refractivity contribution in [3.8, 4) is 0 Å². The summed E-state index contributed by atoms with van der Waals surface area (Å²) in [6.45, 7) is 3.83. The molecule has 0 saturated heterocycles. The average Bonchev–Trinajstić information content (AvgIpc) is 2.07. The van der Waals surface area contributed by atoms with Crippen LogP contribution < -0.4 is 5.32 Å². The van der Waals surface area contributed by atoms with Gasteiger partial charge in [-0.05, 0) is 26.0 Å². The van der Waals surface area contributed by atoms with Crippen LogP contribution in [0.4, 0.5) is 10.1 Å². The zero-order chi connectivity index (χ0) is 9.84. The molecule has 0 aromatic heterocycles. The third kappa shape index (κ3) is 2.70. The monoisotopic (exact) mass is 183 g/mol. The summed E-state index contributed by atoms with van der Waals surface area (Å²) in [7, 11) is 0. The van der Waals surface area contributed by atoms with Crippen molar-refractivity contribution in [2.45, 2.75) is 20.0 Å². The largest absolute Gasteiger partial charge is 0.392 e. The zero-order valence-electron chi connectivity index (χ0n) is 7.84. The second kappa shape index (κ2) is 4.23. The molecular formula is C10H14FNO. The highest BCUT2D eigenvalue weighted by Gasteiger charge is 2.03. The predicted octanol–water partition coefficient (Wildman–Crippen LogP) is 1.93. The number of anilines is 1. The molecule has 1 atom stereocenters. The van der Waals surface area contributed by atoms with Crippen molar-refractivity contribution >= 4 is 5.69 Å². The minimum absolute atomic E-state index is 0.226. The highest BCUT2D eigenvalue weighted by Crippen LogP contribution is 2.16. The van der Waals surface area contributed by atoms with E-state index in [9.17, 15) is 4.39 Å². The fourth-order valence-corrected chi connectivity index (χ4v) is 1.06. The molecule has 0 saturated carbocycles. The lowest BCUT2D eigenvalue weighted by atomic mass is 10.2. The van der Waals surface area contributed by atoms with E-state index in [4.69, 9.17) is 5.11 Å². The molecule has 0 aliphatic heterocycles. The maximum absolute atomic E-state index is 13.0. The highest BCUT2D eigenvalue weighted by molar-refractivity contribution is 5.50. The molecule has 0 radical (unpaired) electrons. The van der Waals surface area contributed by atoms with Crippen LogP contribution in [0, 0.1) is 12.7 Å². The third-order valence-electron chi connectivity index (χ3n) is 1.86. The minimum atomic E-state index is -0.428. The van der Waals surface area contributed by atoms with Gasteiger partial charge in [0.15, 0.2) is 0 Å². The first-order valence-corrected chi connectivity index (χ1v) is 4.28. The second-order valence-corrected chi connectivity index (χ2v) is 3.14. The van der Waals surface area contributed by atoms with E-state index in [1.165, 1.54) is 6.07 Å². The molecule has 2 N–H and O–H groups in total. The molecule has 0 bridgehead atoms. The van der Waals surface area contributed by atoms with Crippen LogP contribution in [0.15, 0.2) is 18.2 Å². The first-order chi connectivity index (χ1) is 6.11.